The minimum atomic E-state index is -0.788. The monoisotopic (exact) mass is 347 g/mol. The maximum Gasteiger partial charge on any atom is 0.312 e. The summed E-state index contributed by atoms with van der Waals surface area (Å²) in [4.78, 5) is 49.1. The molecule has 1 aliphatic heterocycles. The second-order valence-corrected chi connectivity index (χ2v) is 5.56. The van der Waals surface area contributed by atoms with Gasteiger partial charge in [0.1, 0.15) is 0 Å². The van der Waals surface area contributed by atoms with E-state index in [1.54, 1.807) is 0 Å². The van der Waals surface area contributed by atoms with Crippen LogP contribution in [0.15, 0.2) is 0 Å². The lowest BCUT2D eigenvalue weighted by molar-refractivity contribution is -0.146. The topological polar surface area (TPSA) is 105 Å². The van der Waals surface area contributed by atoms with E-state index in [0.29, 0.717) is 13.2 Å². The van der Waals surface area contributed by atoms with Gasteiger partial charge in [0.15, 0.2) is 0 Å². The molecule has 1 N–H and O–H groups in total. The van der Waals surface area contributed by atoms with Gasteiger partial charge in [-0.15, -0.1) is 0 Å². The molecule has 10 heteroatoms. The number of carbonyl (C=O) groups is 4. The highest BCUT2D eigenvalue weighted by Gasteiger charge is 2.29. The Hall–Kier alpha value is -1.65. The molecule has 0 radical (unpaired) electrons. The first-order valence-electron chi connectivity index (χ1n) is 7.03. The predicted octanol–water partition coefficient (Wildman–Crippen LogP) is -1.08. The Morgan fingerprint density at radius 2 is 1.83 bits per heavy atom. The Morgan fingerprint density at radius 1 is 1.22 bits per heavy atom. The summed E-state index contributed by atoms with van der Waals surface area (Å²) >= 11 is 0.923. The Morgan fingerprint density at radius 3 is 2.30 bits per heavy atom. The number of nitrogens with one attached hydrogen (secondary N) is 1. The minimum absolute atomic E-state index is 0.0327. The lowest BCUT2D eigenvalue weighted by Crippen LogP contribution is -2.47. The van der Waals surface area contributed by atoms with E-state index in [-0.39, 0.29) is 43.1 Å². The van der Waals surface area contributed by atoms with Crippen molar-refractivity contribution in [3.63, 3.8) is 0 Å². The van der Waals surface area contributed by atoms with Crippen molar-refractivity contribution in [1.82, 2.24) is 15.1 Å². The van der Waals surface area contributed by atoms with Gasteiger partial charge in [0, 0.05) is 40.4 Å². The number of amides is 4. The predicted molar refractivity (Wildman–Crippen MR) is 82.9 cm³/mol. The quantitative estimate of drug-likeness (QED) is 0.529. The number of thioether (sulfide) groups is 1. The number of methoxy groups -OCH3 is 2. The summed E-state index contributed by atoms with van der Waals surface area (Å²) < 4.78 is 9.81. The van der Waals surface area contributed by atoms with Crippen LogP contribution in [0.5, 0.6) is 0 Å². The van der Waals surface area contributed by atoms with Crippen LogP contribution in [0.25, 0.3) is 0 Å². The Bertz CT molecular complexity index is 435. The highest BCUT2D eigenvalue weighted by molar-refractivity contribution is 8.14. The first-order valence-corrected chi connectivity index (χ1v) is 8.02. The largest absolute Gasteiger partial charge is 0.383 e. The third-order valence-corrected chi connectivity index (χ3v) is 3.93. The van der Waals surface area contributed by atoms with Crippen LogP contribution in [0.3, 0.4) is 0 Å². The van der Waals surface area contributed by atoms with Gasteiger partial charge in [0.2, 0.25) is 5.91 Å². The number of imide groups is 1. The van der Waals surface area contributed by atoms with Gasteiger partial charge in [-0.3, -0.25) is 24.1 Å². The molecule has 0 spiro atoms. The summed E-state index contributed by atoms with van der Waals surface area (Å²) in [6.45, 7) is 1.23. The molecule has 0 aliphatic carbocycles. The number of hydrogen-bond donors (Lipinski definition) is 1. The van der Waals surface area contributed by atoms with Crippen LogP contribution in [-0.4, -0.2) is 92.1 Å². The Labute approximate surface area is 138 Å². The molecule has 0 saturated carbocycles. The molecular formula is C13H21N3O6S. The van der Waals surface area contributed by atoms with Gasteiger partial charge in [0.25, 0.3) is 5.24 Å². The van der Waals surface area contributed by atoms with Crippen LogP contribution in [-0.2, 0) is 23.9 Å². The van der Waals surface area contributed by atoms with E-state index in [9.17, 15) is 19.2 Å². The number of hydrogen-bond acceptors (Lipinski definition) is 7. The van der Waals surface area contributed by atoms with Crippen molar-refractivity contribution >= 4 is 34.7 Å². The second-order valence-electron chi connectivity index (χ2n) is 4.63. The molecule has 1 fully saturated rings. The summed E-state index contributed by atoms with van der Waals surface area (Å²) in [5.74, 6) is -1.66. The van der Waals surface area contributed by atoms with Gasteiger partial charge < -0.3 is 19.7 Å². The first kappa shape index (κ1) is 19.4. The molecule has 1 aliphatic rings. The van der Waals surface area contributed by atoms with E-state index in [4.69, 9.17) is 9.47 Å². The molecule has 0 atom stereocenters. The smallest absolute Gasteiger partial charge is 0.312 e. The van der Waals surface area contributed by atoms with Crippen molar-refractivity contribution < 1.29 is 28.7 Å². The Kier molecular flexibility index (Phi) is 8.59. The van der Waals surface area contributed by atoms with Gasteiger partial charge in [-0.2, -0.15) is 0 Å². The van der Waals surface area contributed by atoms with Gasteiger partial charge in [0.05, 0.1) is 19.0 Å². The van der Waals surface area contributed by atoms with Gasteiger partial charge >= 0.3 is 11.8 Å². The minimum Gasteiger partial charge on any atom is -0.383 e. The average molecular weight is 347 g/mol. The SMILES string of the molecule is COCCN(CCOC)C(=O)C(=O)NCCN1C(=O)CSC1=O. The summed E-state index contributed by atoms with van der Waals surface area (Å²) in [6.07, 6.45) is 0. The molecule has 0 unspecified atom stereocenters. The molecular weight excluding hydrogens is 326 g/mol. The van der Waals surface area contributed by atoms with E-state index in [1.165, 1.54) is 19.1 Å². The van der Waals surface area contributed by atoms with Crippen molar-refractivity contribution in [3.8, 4) is 0 Å². The van der Waals surface area contributed by atoms with Crippen molar-refractivity contribution in [1.29, 1.82) is 0 Å². The second kappa shape index (κ2) is 10.2. The lowest BCUT2D eigenvalue weighted by atomic mass is 10.4. The highest BCUT2D eigenvalue weighted by Crippen LogP contribution is 2.17. The van der Waals surface area contributed by atoms with Crippen LogP contribution in [0, 0.1) is 0 Å². The van der Waals surface area contributed by atoms with Crippen LogP contribution in [0.2, 0.25) is 0 Å². The van der Waals surface area contributed by atoms with E-state index in [1.807, 2.05) is 0 Å². The molecule has 23 heavy (non-hydrogen) atoms. The third-order valence-electron chi connectivity index (χ3n) is 3.07. The van der Waals surface area contributed by atoms with Crippen LogP contribution in [0.1, 0.15) is 0 Å². The number of rotatable bonds is 9. The fraction of sp³-hybridized carbons (Fsp3) is 0.692. The zero-order valence-corrected chi connectivity index (χ0v) is 14.0. The zero-order valence-electron chi connectivity index (χ0n) is 13.2. The molecule has 4 amide bonds. The molecule has 0 aromatic carbocycles. The van der Waals surface area contributed by atoms with Crippen molar-refractivity contribution in [3.05, 3.63) is 0 Å². The maximum absolute atomic E-state index is 12.1. The fourth-order valence-electron chi connectivity index (χ4n) is 1.82. The van der Waals surface area contributed by atoms with Crippen LogP contribution < -0.4 is 5.32 Å². The molecule has 130 valence electrons. The van der Waals surface area contributed by atoms with Gasteiger partial charge in [-0.05, 0) is 0 Å². The Balaban J connectivity index is 2.42. The first-order chi connectivity index (χ1) is 11.0. The molecule has 1 saturated heterocycles. The van der Waals surface area contributed by atoms with Crippen LogP contribution >= 0.6 is 11.8 Å². The standard InChI is InChI=1S/C13H21N3O6S/c1-21-7-5-15(6-8-22-2)12(19)11(18)14-3-4-16-10(17)9-23-13(16)20/h3-9H2,1-2H3,(H,14,18). The molecule has 1 rings (SSSR count). The summed E-state index contributed by atoms with van der Waals surface area (Å²) in [7, 11) is 3.00. The molecule has 0 bridgehead atoms. The zero-order chi connectivity index (χ0) is 17.2. The molecule has 1 heterocycles. The number of nitrogens with zero attached hydrogens (tertiary/aromatic N) is 2. The lowest BCUT2D eigenvalue weighted by Gasteiger charge is -2.21. The van der Waals surface area contributed by atoms with E-state index in [2.05, 4.69) is 5.32 Å². The van der Waals surface area contributed by atoms with Gasteiger partial charge in [-0.25, -0.2) is 0 Å². The van der Waals surface area contributed by atoms with Gasteiger partial charge in [-0.1, -0.05) is 11.8 Å². The summed E-state index contributed by atoms with van der Waals surface area (Å²) in [5, 5.41) is 2.08. The van der Waals surface area contributed by atoms with Crippen molar-refractivity contribution in [2.75, 3.05) is 59.4 Å². The van der Waals surface area contributed by atoms with Crippen molar-refractivity contribution in [2.45, 2.75) is 0 Å². The number of ether oxygens (including phenoxy) is 2. The van der Waals surface area contributed by atoms with E-state index in [0.717, 1.165) is 16.7 Å². The maximum atomic E-state index is 12.1. The van der Waals surface area contributed by atoms with Crippen molar-refractivity contribution in [2.24, 2.45) is 0 Å². The van der Waals surface area contributed by atoms with E-state index < -0.39 is 11.8 Å². The molecule has 0 aromatic heterocycles. The molecule has 9 nitrogen and oxygen atoms in total. The van der Waals surface area contributed by atoms with Crippen LogP contribution in [0.4, 0.5) is 4.79 Å². The normalized spacial score (nSPS) is 14.3. The summed E-state index contributed by atoms with van der Waals surface area (Å²) in [6, 6.07) is 0. The van der Waals surface area contributed by atoms with E-state index >= 15 is 0 Å². The fourth-order valence-corrected chi connectivity index (χ4v) is 2.57. The average Bonchev–Trinajstić information content (AvgIpc) is 2.86. The highest BCUT2D eigenvalue weighted by atomic mass is 32.2. The number of carbonyl (C=O) groups excluding carboxylic acids is 4. The third kappa shape index (κ3) is 6.16. The molecule has 0 aromatic rings. The summed E-state index contributed by atoms with van der Waals surface area (Å²) in [5.41, 5.74) is 0.